The average molecular weight is 249 g/mol. The van der Waals surface area contributed by atoms with E-state index in [1.165, 1.54) is 18.9 Å². The summed E-state index contributed by atoms with van der Waals surface area (Å²) in [6, 6.07) is 4.90. The fraction of sp³-hybridized carbons (Fsp3) is 0.533. The number of rotatable bonds is 1. The van der Waals surface area contributed by atoms with Crippen molar-refractivity contribution in [2.45, 2.75) is 45.6 Å². The van der Waals surface area contributed by atoms with E-state index in [-0.39, 0.29) is 17.8 Å². The van der Waals surface area contributed by atoms with Gasteiger partial charge in [0.1, 0.15) is 5.82 Å². The van der Waals surface area contributed by atoms with E-state index in [9.17, 15) is 9.18 Å². The number of nitrogens with zero attached hydrogens (tertiary/aromatic N) is 1. The third-order valence-corrected chi connectivity index (χ3v) is 3.72. The molecule has 0 bridgehead atoms. The summed E-state index contributed by atoms with van der Waals surface area (Å²) in [5, 5.41) is 0. The number of halogens is 1. The van der Waals surface area contributed by atoms with Crippen LogP contribution in [-0.4, -0.2) is 23.4 Å². The lowest BCUT2D eigenvalue weighted by atomic mass is 10.1. The van der Waals surface area contributed by atoms with Gasteiger partial charge in [0, 0.05) is 18.2 Å². The Balaban J connectivity index is 2.21. The maximum Gasteiger partial charge on any atom is 0.254 e. The van der Waals surface area contributed by atoms with Gasteiger partial charge in [-0.2, -0.15) is 0 Å². The number of likely N-dealkylation sites (tertiary alicyclic amines) is 1. The van der Waals surface area contributed by atoms with Crippen LogP contribution in [0.3, 0.4) is 0 Å². The standard InChI is InChI=1S/C15H20FNO/c1-11-10-13(7-8-14(11)16)15(18)17-9-5-3-4-6-12(17)2/h7-8,10,12H,3-6,9H2,1-2H3. The summed E-state index contributed by atoms with van der Waals surface area (Å²) < 4.78 is 13.2. The Hall–Kier alpha value is -1.38. The van der Waals surface area contributed by atoms with Crippen LogP contribution in [0.2, 0.25) is 0 Å². The zero-order valence-corrected chi connectivity index (χ0v) is 11.1. The molecular formula is C15H20FNO. The molecule has 98 valence electrons. The van der Waals surface area contributed by atoms with Gasteiger partial charge in [-0.25, -0.2) is 4.39 Å². The summed E-state index contributed by atoms with van der Waals surface area (Å²) in [6.45, 7) is 4.61. The number of hydrogen-bond acceptors (Lipinski definition) is 1. The Labute approximate surface area is 108 Å². The first kappa shape index (κ1) is 13.1. The lowest BCUT2D eigenvalue weighted by Crippen LogP contribution is -2.38. The molecule has 1 atom stereocenters. The lowest BCUT2D eigenvalue weighted by molar-refractivity contribution is 0.0697. The first-order chi connectivity index (χ1) is 8.59. The number of aryl methyl sites for hydroxylation is 1. The van der Waals surface area contributed by atoms with Crippen molar-refractivity contribution in [1.82, 2.24) is 4.90 Å². The second-order valence-corrected chi connectivity index (χ2v) is 5.16. The SMILES string of the molecule is Cc1cc(C(=O)N2CCCCCC2C)ccc1F. The van der Waals surface area contributed by atoms with Crippen LogP contribution in [-0.2, 0) is 0 Å². The molecule has 0 aliphatic carbocycles. The van der Waals surface area contributed by atoms with Crippen LogP contribution < -0.4 is 0 Å². The molecule has 0 aromatic heterocycles. The van der Waals surface area contributed by atoms with E-state index in [4.69, 9.17) is 0 Å². The largest absolute Gasteiger partial charge is 0.336 e. The Morgan fingerprint density at radius 3 is 2.83 bits per heavy atom. The van der Waals surface area contributed by atoms with Crippen LogP contribution >= 0.6 is 0 Å². The van der Waals surface area contributed by atoms with Gasteiger partial charge in [-0.05, 0) is 50.5 Å². The number of carbonyl (C=O) groups excluding carboxylic acids is 1. The van der Waals surface area contributed by atoms with E-state index < -0.39 is 0 Å². The van der Waals surface area contributed by atoms with Gasteiger partial charge in [-0.15, -0.1) is 0 Å². The lowest BCUT2D eigenvalue weighted by Gasteiger charge is -2.27. The maximum absolute atomic E-state index is 13.2. The molecule has 0 radical (unpaired) electrons. The van der Waals surface area contributed by atoms with Gasteiger partial charge in [-0.1, -0.05) is 12.8 Å². The van der Waals surface area contributed by atoms with Gasteiger partial charge >= 0.3 is 0 Å². The molecule has 1 aliphatic rings. The Morgan fingerprint density at radius 2 is 2.11 bits per heavy atom. The third kappa shape index (κ3) is 2.71. The molecule has 1 unspecified atom stereocenters. The van der Waals surface area contributed by atoms with E-state index >= 15 is 0 Å². The van der Waals surface area contributed by atoms with Crippen molar-refractivity contribution in [2.75, 3.05) is 6.54 Å². The van der Waals surface area contributed by atoms with Crippen molar-refractivity contribution < 1.29 is 9.18 Å². The average Bonchev–Trinajstić information content (AvgIpc) is 2.56. The van der Waals surface area contributed by atoms with Crippen LogP contribution in [0, 0.1) is 12.7 Å². The summed E-state index contributed by atoms with van der Waals surface area (Å²) in [4.78, 5) is 14.4. The molecule has 2 nitrogen and oxygen atoms in total. The third-order valence-electron chi connectivity index (χ3n) is 3.72. The first-order valence-electron chi connectivity index (χ1n) is 6.66. The van der Waals surface area contributed by atoms with Gasteiger partial charge in [0.15, 0.2) is 0 Å². The normalized spacial score (nSPS) is 20.6. The number of carbonyl (C=O) groups is 1. The van der Waals surface area contributed by atoms with E-state index in [0.717, 1.165) is 19.4 Å². The molecule has 0 saturated carbocycles. The van der Waals surface area contributed by atoms with Gasteiger partial charge < -0.3 is 4.90 Å². The second-order valence-electron chi connectivity index (χ2n) is 5.16. The van der Waals surface area contributed by atoms with Crippen molar-refractivity contribution in [3.63, 3.8) is 0 Å². The molecular weight excluding hydrogens is 229 g/mol. The number of benzene rings is 1. The highest BCUT2D eigenvalue weighted by Crippen LogP contribution is 2.20. The van der Waals surface area contributed by atoms with Crippen LogP contribution in [0.1, 0.15) is 48.5 Å². The predicted octanol–water partition coefficient (Wildman–Crippen LogP) is 3.54. The molecule has 1 aromatic rings. The molecule has 1 aromatic carbocycles. The number of hydrogen-bond donors (Lipinski definition) is 0. The van der Waals surface area contributed by atoms with E-state index in [1.807, 2.05) is 4.90 Å². The summed E-state index contributed by atoms with van der Waals surface area (Å²) >= 11 is 0. The molecule has 1 fully saturated rings. The smallest absolute Gasteiger partial charge is 0.254 e. The monoisotopic (exact) mass is 249 g/mol. The Morgan fingerprint density at radius 1 is 1.33 bits per heavy atom. The maximum atomic E-state index is 13.2. The van der Waals surface area contributed by atoms with Crippen molar-refractivity contribution in [2.24, 2.45) is 0 Å². The van der Waals surface area contributed by atoms with Gasteiger partial charge in [0.05, 0.1) is 0 Å². The number of amides is 1. The molecule has 2 rings (SSSR count). The topological polar surface area (TPSA) is 20.3 Å². The molecule has 1 aliphatic heterocycles. The van der Waals surface area contributed by atoms with Gasteiger partial charge in [-0.3, -0.25) is 4.79 Å². The Bertz CT molecular complexity index is 444. The van der Waals surface area contributed by atoms with Gasteiger partial charge in [0.2, 0.25) is 0 Å². The molecule has 0 spiro atoms. The summed E-state index contributed by atoms with van der Waals surface area (Å²) in [5.41, 5.74) is 1.13. The quantitative estimate of drug-likeness (QED) is 0.745. The minimum atomic E-state index is -0.254. The van der Waals surface area contributed by atoms with Crippen molar-refractivity contribution in [1.29, 1.82) is 0 Å². The van der Waals surface area contributed by atoms with Crippen LogP contribution in [0.4, 0.5) is 4.39 Å². The zero-order valence-electron chi connectivity index (χ0n) is 11.1. The summed E-state index contributed by atoms with van der Waals surface area (Å²) in [5.74, 6) is -0.219. The highest BCUT2D eigenvalue weighted by Gasteiger charge is 2.23. The minimum Gasteiger partial charge on any atom is -0.336 e. The van der Waals surface area contributed by atoms with Crippen molar-refractivity contribution in [3.8, 4) is 0 Å². The fourth-order valence-electron chi connectivity index (χ4n) is 2.52. The fourth-order valence-corrected chi connectivity index (χ4v) is 2.52. The van der Waals surface area contributed by atoms with E-state index in [1.54, 1.807) is 19.1 Å². The molecule has 1 heterocycles. The van der Waals surface area contributed by atoms with Crippen LogP contribution in [0.5, 0.6) is 0 Å². The zero-order chi connectivity index (χ0) is 13.1. The van der Waals surface area contributed by atoms with Gasteiger partial charge in [0.25, 0.3) is 5.91 Å². The molecule has 18 heavy (non-hydrogen) atoms. The van der Waals surface area contributed by atoms with Crippen LogP contribution in [0.15, 0.2) is 18.2 Å². The van der Waals surface area contributed by atoms with E-state index in [2.05, 4.69) is 6.92 Å². The highest BCUT2D eigenvalue weighted by atomic mass is 19.1. The minimum absolute atomic E-state index is 0.0347. The first-order valence-corrected chi connectivity index (χ1v) is 6.66. The van der Waals surface area contributed by atoms with Crippen LogP contribution in [0.25, 0.3) is 0 Å². The molecule has 1 saturated heterocycles. The Kier molecular flexibility index (Phi) is 4.00. The molecule has 0 N–H and O–H groups in total. The van der Waals surface area contributed by atoms with Crippen molar-refractivity contribution in [3.05, 3.63) is 35.1 Å². The van der Waals surface area contributed by atoms with Crippen molar-refractivity contribution >= 4 is 5.91 Å². The molecule has 3 heteroatoms. The second kappa shape index (κ2) is 5.51. The van der Waals surface area contributed by atoms with E-state index in [0.29, 0.717) is 11.1 Å². The predicted molar refractivity (Wildman–Crippen MR) is 70.1 cm³/mol. The molecule has 1 amide bonds. The summed E-state index contributed by atoms with van der Waals surface area (Å²) in [6.07, 6.45) is 4.51. The highest BCUT2D eigenvalue weighted by molar-refractivity contribution is 5.94. The summed E-state index contributed by atoms with van der Waals surface area (Å²) in [7, 11) is 0.